The van der Waals surface area contributed by atoms with Gasteiger partial charge in [0, 0.05) is 6.54 Å². The van der Waals surface area contributed by atoms with Gasteiger partial charge in [0.15, 0.2) is 22.6 Å². The molecular weight excluding hydrogens is 375 g/mol. The summed E-state index contributed by atoms with van der Waals surface area (Å²) in [7, 11) is 0. The first-order valence-electron chi connectivity index (χ1n) is 8.38. The third kappa shape index (κ3) is 4.27. The third-order valence-corrected chi connectivity index (χ3v) is 4.79. The molecule has 3 rings (SSSR count). The van der Waals surface area contributed by atoms with E-state index in [1.807, 2.05) is 28.8 Å². The predicted molar refractivity (Wildman–Crippen MR) is 100 cm³/mol. The van der Waals surface area contributed by atoms with Crippen LogP contribution in [0.15, 0.2) is 41.6 Å². The summed E-state index contributed by atoms with van der Waals surface area (Å²) >= 11 is 1.20. The Kier molecular flexibility index (Phi) is 5.74. The number of carbonyl (C=O) groups is 1. The first-order valence-corrected chi connectivity index (χ1v) is 9.36. The van der Waals surface area contributed by atoms with Gasteiger partial charge in [-0.15, -0.1) is 0 Å². The smallest absolute Gasteiger partial charge is 0.234 e. The monoisotopic (exact) mass is 393 g/mol. The normalized spacial score (nSPS) is 11.3. The Morgan fingerprint density at radius 1 is 1.15 bits per heavy atom. The van der Waals surface area contributed by atoms with Gasteiger partial charge < -0.3 is 9.88 Å². The van der Waals surface area contributed by atoms with E-state index in [0.717, 1.165) is 29.7 Å². The third-order valence-electron chi connectivity index (χ3n) is 3.81. The number of amides is 1. The van der Waals surface area contributed by atoms with Crippen molar-refractivity contribution in [1.29, 1.82) is 0 Å². The van der Waals surface area contributed by atoms with Gasteiger partial charge in [0.2, 0.25) is 5.91 Å². The van der Waals surface area contributed by atoms with Gasteiger partial charge in [-0.1, -0.05) is 37.7 Å². The molecule has 0 radical (unpaired) electrons. The van der Waals surface area contributed by atoms with Gasteiger partial charge in [0.1, 0.15) is 0 Å². The molecule has 4 nitrogen and oxygen atoms in total. The summed E-state index contributed by atoms with van der Waals surface area (Å²) in [5.41, 5.74) is 1.41. The van der Waals surface area contributed by atoms with Crippen molar-refractivity contribution in [2.75, 3.05) is 11.1 Å². The van der Waals surface area contributed by atoms with Gasteiger partial charge in [0.25, 0.3) is 0 Å². The highest BCUT2D eigenvalue weighted by atomic mass is 32.2. The van der Waals surface area contributed by atoms with Crippen LogP contribution in [0.5, 0.6) is 0 Å². The van der Waals surface area contributed by atoms with Crippen molar-refractivity contribution in [3.63, 3.8) is 0 Å². The molecule has 27 heavy (non-hydrogen) atoms. The maximum Gasteiger partial charge on any atom is 0.234 e. The fourth-order valence-electron chi connectivity index (χ4n) is 2.64. The second kappa shape index (κ2) is 8.04. The van der Waals surface area contributed by atoms with Crippen LogP contribution in [0.25, 0.3) is 11.0 Å². The number of hydrogen-bond acceptors (Lipinski definition) is 3. The molecule has 0 aliphatic rings. The molecule has 142 valence electrons. The molecule has 1 N–H and O–H groups in total. The molecule has 0 fully saturated rings. The number of para-hydroxylation sites is 2. The number of nitrogens with one attached hydrogen (secondary N) is 1. The van der Waals surface area contributed by atoms with E-state index in [2.05, 4.69) is 24.1 Å². The Balaban J connectivity index is 1.75. The lowest BCUT2D eigenvalue weighted by Gasteiger charge is -2.11. The molecule has 2 aromatic carbocycles. The summed E-state index contributed by atoms with van der Waals surface area (Å²) < 4.78 is 42.0. The highest BCUT2D eigenvalue weighted by Gasteiger charge is 2.17. The van der Waals surface area contributed by atoms with E-state index in [4.69, 9.17) is 0 Å². The van der Waals surface area contributed by atoms with E-state index in [-0.39, 0.29) is 5.75 Å². The zero-order chi connectivity index (χ0) is 19.6. The molecule has 0 spiro atoms. The number of halogens is 3. The van der Waals surface area contributed by atoms with Crippen LogP contribution in [0.4, 0.5) is 18.9 Å². The van der Waals surface area contributed by atoms with Crippen molar-refractivity contribution in [1.82, 2.24) is 9.55 Å². The maximum absolute atomic E-state index is 13.7. The molecule has 0 bridgehead atoms. The van der Waals surface area contributed by atoms with Gasteiger partial charge in [-0.25, -0.2) is 18.2 Å². The molecule has 8 heteroatoms. The van der Waals surface area contributed by atoms with Crippen molar-refractivity contribution in [2.45, 2.75) is 25.5 Å². The number of rotatable bonds is 6. The topological polar surface area (TPSA) is 46.9 Å². The van der Waals surface area contributed by atoms with Crippen LogP contribution < -0.4 is 5.32 Å². The SMILES string of the molecule is CC(C)Cn1c(SCC(=O)Nc2ccc(F)c(F)c2F)nc2ccccc21. The number of fused-ring (bicyclic) bond motifs is 1. The van der Waals surface area contributed by atoms with Crippen LogP contribution >= 0.6 is 11.8 Å². The predicted octanol–water partition coefficient (Wildman–Crippen LogP) is 4.84. The zero-order valence-electron chi connectivity index (χ0n) is 14.8. The number of hydrogen-bond donors (Lipinski definition) is 1. The first kappa shape index (κ1) is 19.3. The quantitative estimate of drug-likeness (QED) is 0.482. The van der Waals surface area contributed by atoms with Crippen molar-refractivity contribution in [3.8, 4) is 0 Å². The number of thioether (sulfide) groups is 1. The Morgan fingerprint density at radius 3 is 2.63 bits per heavy atom. The standard InChI is InChI=1S/C19H18F3N3OS/c1-11(2)9-25-15-6-4-3-5-13(15)24-19(25)27-10-16(26)23-14-8-7-12(20)17(21)18(14)22/h3-8,11H,9-10H2,1-2H3,(H,23,26). The van der Waals surface area contributed by atoms with E-state index in [0.29, 0.717) is 11.1 Å². The molecule has 0 unspecified atom stereocenters. The van der Waals surface area contributed by atoms with E-state index in [1.165, 1.54) is 11.8 Å². The van der Waals surface area contributed by atoms with E-state index in [1.54, 1.807) is 0 Å². The van der Waals surface area contributed by atoms with E-state index >= 15 is 0 Å². The molecule has 0 saturated carbocycles. The lowest BCUT2D eigenvalue weighted by atomic mass is 10.2. The minimum Gasteiger partial charge on any atom is -0.323 e. The molecule has 1 aromatic heterocycles. The molecule has 3 aromatic rings. The summed E-state index contributed by atoms with van der Waals surface area (Å²) in [5, 5.41) is 2.94. The van der Waals surface area contributed by atoms with Crippen LogP contribution in [0.2, 0.25) is 0 Å². The van der Waals surface area contributed by atoms with Gasteiger partial charge in [-0.05, 0) is 30.2 Å². The van der Waals surface area contributed by atoms with E-state index in [9.17, 15) is 18.0 Å². The van der Waals surface area contributed by atoms with Crippen LogP contribution in [0.3, 0.4) is 0 Å². The van der Waals surface area contributed by atoms with Crippen LogP contribution in [-0.2, 0) is 11.3 Å². The number of aromatic nitrogens is 2. The molecule has 0 atom stereocenters. The Morgan fingerprint density at radius 2 is 1.89 bits per heavy atom. The summed E-state index contributed by atoms with van der Waals surface area (Å²) in [4.78, 5) is 16.7. The highest BCUT2D eigenvalue weighted by molar-refractivity contribution is 7.99. The highest BCUT2D eigenvalue weighted by Crippen LogP contribution is 2.26. The Labute approximate surface area is 158 Å². The lowest BCUT2D eigenvalue weighted by molar-refractivity contribution is -0.113. The second-order valence-corrected chi connectivity index (χ2v) is 7.39. The van der Waals surface area contributed by atoms with Crippen LogP contribution in [0, 0.1) is 23.4 Å². The van der Waals surface area contributed by atoms with E-state index < -0.39 is 29.0 Å². The molecule has 0 saturated heterocycles. The average Bonchev–Trinajstić information content (AvgIpc) is 2.98. The number of carbonyl (C=O) groups excluding carboxylic acids is 1. The average molecular weight is 393 g/mol. The van der Waals surface area contributed by atoms with Gasteiger partial charge >= 0.3 is 0 Å². The number of benzene rings is 2. The first-order chi connectivity index (χ1) is 12.9. The summed E-state index contributed by atoms with van der Waals surface area (Å²) in [5.74, 6) is -4.53. The van der Waals surface area contributed by atoms with Crippen molar-refractivity contribution < 1.29 is 18.0 Å². The fourth-order valence-corrected chi connectivity index (χ4v) is 3.47. The van der Waals surface area contributed by atoms with Crippen LogP contribution in [0.1, 0.15) is 13.8 Å². The fraction of sp³-hybridized carbons (Fsp3) is 0.263. The maximum atomic E-state index is 13.7. The largest absolute Gasteiger partial charge is 0.323 e. The number of anilines is 1. The lowest BCUT2D eigenvalue weighted by Crippen LogP contribution is -2.16. The van der Waals surface area contributed by atoms with Gasteiger partial charge in [-0.3, -0.25) is 4.79 Å². The number of nitrogens with zero attached hydrogens (tertiary/aromatic N) is 2. The van der Waals surface area contributed by atoms with Gasteiger partial charge in [0.05, 0.1) is 22.5 Å². The molecule has 1 heterocycles. The molecular formula is C19H18F3N3OS. The van der Waals surface area contributed by atoms with Crippen molar-refractivity contribution in [2.24, 2.45) is 5.92 Å². The summed E-state index contributed by atoms with van der Waals surface area (Å²) in [6, 6.07) is 9.43. The zero-order valence-corrected chi connectivity index (χ0v) is 15.6. The molecule has 0 aliphatic carbocycles. The molecule has 1 amide bonds. The number of imidazole rings is 1. The van der Waals surface area contributed by atoms with Crippen molar-refractivity contribution >= 4 is 34.4 Å². The van der Waals surface area contributed by atoms with Gasteiger partial charge in [-0.2, -0.15) is 0 Å². The minimum atomic E-state index is -1.61. The summed E-state index contributed by atoms with van der Waals surface area (Å²) in [6.07, 6.45) is 0. The minimum absolute atomic E-state index is 0.0418. The van der Waals surface area contributed by atoms with Crippen LogP contribution in [-0.4, -0.2) is 21.2 Å². The Bertz CT molecular complexity index is 988. The van der Waals surface area contributed by atoms with Crippen molar-refractivity contribution in [3.05, 3.63) is 53.8 Å². The Hall–Kier alpha value is -2.48. The molecule has 0 aliphatic heterocycles. The second-order valence-electron chi connectivity index (χ2n) is 6.45. The summed E-state index contributed by atoms with van der Waals surface area (Å²) in [6.45, 7) is 4.91.